The van der Waals surface area contributed by atoms with Crippen molar-refractivity contribution in [2.75, 3.05) is 6.54 Å². The quantitative estimate of drug-likeness (QED) is 0.800. The highest BCUT2D eigenvalue weighted by atomic mass is 32.1. The standard InChI is InChI=1S/C10H16N2S/c1-8(2)11-6-4-5-10-7-13-9(3)12-10/h4-5,7-8,11H,6H2,1-3H3. The number of hydrogen-bond acceptors (Lipinski definition) is 3. The van der Waals surface area contributed by atoms with E-state index in [0.717, 1.165) is 17.2 Å². The van der Waals surface area contributed by atoms with Crippen molar-refractivity contribution in [1.29, 1.82) is 0 Å². The average molecular weight is 196 g/mol. The van der Waals surface area contributed by atoms with E-state index in [1.165, 1.54) is 0 Å². The van der Waals surface area contributed by atoms with Crippen LogP contribution < -0.4 is 5.32 Å². The average Bonchev–Trinajstić information content (AvgIpc) is 2.45. The summed E-state index contributed by atoms with van der Waals surface area (Å²) in [5.41, 5.74) is 1.06. The van der Waals surface area contributed by atoms with Gasteiger partial charge in [-0.25, -0.2) is 4.98 Å². The minimum atomic E-state index is 0.543. The molecule has 0 unspecified atom stereocenters. The van der Waals surface area contributed by atoms with Crippen molar-refractivity contribution in [1.82, 2.24) is 10.3 Å². The van der Waals surface area contributed by atoms with Gasteiger partial charge >= 0.3 is 0 Å². The Morgan fingerprint density at radius 2 is 2.38 bits per heavy atom. The van der Waals surface area contributed by atoms with Crippen molar-refractivity contribution >= 4 is 17.4 Å². The van der Waals surface area contributed by atoms with Crippen LogP contribution in [0.2, 0.25) is 0 Å². The maximum atomic E-state index is 4.33. The Labute approximate surface area is 83.7 Å². The summed E-state index contributed by atoms with van der Waals surface area (Å²) >= 11 is 1.69. The lowest BCUT2D eigenvalue weighted by Crippen LogP contribution is -2.22. The van der Waals surface area contributed by atoms with E-state index in [2.05, 4.69) is 41.7 Å². The van der Waals surface area contributed by atoms with Crippen molar-refractivity contribution < 1.29 is 0 Å². The molecule has 0 saturated carbocycles. The van der Waals surface area contributed by atoms with Crippen LogP contribution >= 0.6 is 11.3 Å². The molecule has 0 amide bonds. The zero-order valence-corrected chi connectivity index (χ0v) is 9.19. The molecule has 1 rings (SSSR count). The van der Waals surface area contributed by atoms with Gasteiger partial charge in [-0.15, -0.1) is 11.3 Å². The minimum absolute atomic E-state index is 0.543. The number of aromatic nitrogens is 1. The molecular weight excluding hydrogens is 180 g/mol. The first-order valence-electron chi connectivity index (χ1n) is 4.50. The molecule has 1 heterocycles. The molecule has 13 heavy (non-hydrogen) atoms. The summed E-state index contributed by atoms with van der Waals surface area (Å²) in [6.07, 6.45) is 4.16. The highest BCUT2D eigenvalue weighted by Gasteiger charge is 1.92. The molecule has 0 aromatic carbocycles. The van der Waals surface area contributed by atoms with E-state index in [1.54, 1.807) is 11.3 Å². The van der Waals surface area contributed by atoms with Crippen LogP contribution in [0, 0.1) is 6.92 Å². The number of rotatable bonds is 4. The normalized spacial score (nSPS) is 11.7. The lowest BCUT2D eigenvalue weighted by molar-refractivity contribution is 0.633. The van der Waals surface area contributed by atoms with Crippen LogP contribution in [0.4, 0.5) is 0 Å². The van der Waals surface area contributed by atoms with Gasteiger partial charge in [-0.2, -0.15) is 0 Å². The molecule has 0 radical (unpaired) electrons. The first kappa shape index (κ1) is 10.4. The lowest BCUT2D eigenvalue weighted by atomic mass is 10.3. The van der Waals surface area contributed by atoms with Crippen molar-refractivity contribution in [2.45, 2.75) is 26.8 Å². The largest absolute Gasteiger partial charge is 0.311 e. The molecule has 1 aromatic heterocycles. The van der Waals surface area contributed by atoms with Gasteiger partial charge in [-0.1, -0.05) is 19.9 Å². The van der Waals surface area contributed by atoms with Crippen LogP contribution in [0.3, 0.4) is 0 Å². The number of aryl methyl sites for hydroxylation is 1. The molecule has 0 atom stereocenters. The van der Waals surface area contributed by atoms with Gasteiger partial charge in [0.2, 0.25) is 0 Å². The predicted molar refractivity (Wildman–Crippen MR) is 59.0 cm³/mol. The molecule has 0 aliphatic rings. The van der Waals surface area contributed by atoms with Crippen LogP contribution in [-0.4, -0.2) is 17.6 Å². The Morgan fingerprint density at radius 3 is 2.92 bits per heavy atom. The van der Waals surface area contributed by atoms with Gasteiger partial charge in [0.1, 0.15) is 0 Å². The van der Waals surface area contributed by atoms with Gasteiger partial charge in [-0.05, 0) is 13.0 Å². The molecular formula is C10H16N2S. The van der Waals surface area contributed by atoms with E-state index >= 15 is 0 Å². The summed E-state index contributed by atoms with van der Waals surface area (Å²) in [5, 5.41) is 6.50. The smallest absolute Gasteiger partial charge is 0.0901 e. The Hall–Kier alpha value is -0.670. The van der Waals surface area contributed by atoms with Gasteiger partial charge in [0.25, 0.3) is 0 Å². The molecule has 2 nitrogen and oxygen atoms in total. The van der Waals surface area contributed by atoms with Crippen molar-refractivity contribution in [2.24, 2.45) is 0 Å². The third-order valence-electron chi connectivity index (χ3n) is 1.57. The van der Waals surface area contributed by atoms with Crippen LogP contribution in [0.1, 0.15) is 24.5 Å². The van der Waals surface area contributed by atoms with E-state index in [-0.39, 0.29) is 0 Å². The molecule has 1 N–H and O–H groups in total. The van der Waals surface area contributed by atoms with Crippen molar-refractivity contribution in [3.05, 3.63) is 22.2 Å². The topological polar surface area (TPSA) is 24.9 Å². The van der Waals surface area contributed by atoms with E-state index in [9.17, 15) is 0 Å². The number of hydrogen-bond donors (Lipinski definition) is 1. The van der Waals surface area contributed by atoms with E-state index in [4.69, 9.17) is 0 Å². The first-order chi connectivity index (χ1) is 6.18. The summed E-state index contributed by atoms with van der Waals surface area (Å²) in [6.45, 7) is 7.21. The molecule has 0 saturated heterocycles. The highest BCUT2D eigenvalue weighted by Crippen LogP contribution is 2.08. The van der Waals surface area contributed by atoms with Crippen LogP contribution in [0.5, 0.6) is 0 Å². The van der Waals surface area contributed by atoms with E-state index < -0.39 is 0 Å². The predicted octanol–water partition coefficient (Wildman–Crippen LogP) is 2.46. The zero-order valence-electron chi connectivity index (χ0n) is 8.37. The monoisotopic (exact) mass is 196 g/mol. The molecule has 0 bridgehead atoms. The fourth-order valence-corrected chi connectivity index (χ4v) is 1.52. The summed E-state index contributed by atoms with van der Waals surface area (Å²) < 4.78 is 0. The van der Waals surface area contributed by atoms with E-state index in [1.807, 2.05) is 6.92 Å². The second-order valence-electron chi connectivity index (χ2n) is 3.26. The van der Waals surface area contributed by atoms with Crippen molar-refractivity contribution in [3.8, 4) is 0 Å². The molecule has 1 aromatic rings. The van der Waals surface area contributed by atoms with Gasteiger partial charge in [0, 0.05) is 18.0 Å². The Balaban J connectivity index is 2.32. The van der Waals surface area contributed by atoms with Crippen LogP contribution in [0.15, 0.2) is 11.5 Å². The summed E-state index contributed by atoms with van der Waals surface area (Å²) in [5.74, 6) is 0. The van der Waals surface area contributed by atoms with Gasteiger partial charge in [-0.3, -0.25) is 0 Å². The zero-order chi connectivity index (χ0) is 9.68. The Morgan fingerprint density at radius 1 is 1.62 bits per heavy atom. The van der Waals surface area contributed by atoms with E-state index in [0.29, 0.717) is 6.04 Å². The molecule has 0 aliphatic carbocycles. The Bertz CT molecular complexity index is 276. The summed E-state index contributed by atoms with van der Waals surface area (Å²) in [4.78, 5) is 4.33. The number of nitrogens with one attached hydrogen (secondary N) is 1. The Kier molecular flexibility index (Phi) is 4.12. The van der Waals surface area contributed by atoms with Gasteiger partial charge < -0.3 is 5.32 Å². The van der Waals surface area contributed by atoms with Crippen molar-refractivity contribution in [3.63, 3.8) is 0 Å². The summed E-state index contributed by atoms with van der Waals surface area (Å²) in [6, 6.07) is 0.543. The maximum Gasteiger partial charge on any atom is 0.0901 e. The first-order valence-corrected chi connectivity index (χ1v) is 5.38. The fraction of sp³-hybridized carbons (Fsp3) is 0.500. The minimum Gasteiger partial charge on any atom is -0.311 e. The second kappa shape index (κ2) is 5.14. The highest BCUT2D eigenvalue weighted by molar-refractivity contribution is 7.09. The van der Waals surface area contributed by atoms with Crippen LogP contribution in [0.25, 0.3) is 6.08 Å². The molecule has 0 aliphatic heterocycles. The fourth-order valence-electron chi connectivity index (χ4n) is 0.940. The SMILES string of the molecule is Cc1nc(C=CCNC(C)C)cs1. The molecule has 0 fully saturated rings. The summed E-state index contributed by atoms with van der Waals surface area (Å²) in [7, 11) is 0. The maximum absolute atomic E-state index is 4.33. The third-order valence-corrected chi connectivity index (χ3v) is 2.36. The number of thiazole rings is 1. The second-order valence-corrected chi connectivity index (χ2v) is 4.32. The van der Waals surface area contributed by atoms with Crippen LogP contribution in [-0.2, 0) is 0 Å². The van der Waals surface area contributed by atoms with Gasteiger partial charge in [0.05, 0.1) is 10.7 Å². The molecule has 72 valence electrons. The number of nitrogens with zero attached hydrogens (tertiary/aromatic N) is 1. The third kappa shape index (κ3) is 4.20. The molecule has 3 heteroatoms. The lowest BCUT2D eigenvalue weighted by Gasteiger charge is -2.02. The van der Waals surface area contributed by atoms with Gasteiger partial charge in [0.15, 0.2) is 0 Å². The molecule has 0 spiro atoms.